The van der Waals surface area contributed by atoms with Gasteiger partial charge in [0.05, 0.1) is 12.6 Å². The van der Waals surface area contributed by atoms with Gasteiger partial charge in [-0.25, -0.2) is 0 Å². The van der Waals surface area contributed by atoms with E-state index in [9.17, 15) is 10.1 Å². The van der Waals surface area contributed by atoms with E-state index in [4.69, 9.17) is 10.2 Å². The van der Waals surface area contributed by atoms with Crippen LogP contribution < -0.4 is 5.73 Å². The van der Waals surface area contributed by atoms with Crippen molar-refractivity contribution in [2.45, 2.75) is 13.0 Å². The average molecular weight is 225 g/mol. The molecule has 0 radical (unpaired) electrons. The second kappa shape index (κ2) is 4.63. The summed E-state index contributed by atoms with van der Waals surface area (Å²) in [6, 6.07) is 3.06. The van der Waals surface area contributed by atoms with Crippen LogP contribution in [0.4, 0.5) is 5.88 Å². The van der Waals surface area contributed by atoms with Crippen LogP contribution in [0.1, 0.15) is 12.2 Å². The maximum absolute atomic E-state index is 10.4. The number of hydrogen-bond acceptors (Lipinski definition) is 5. The molecule has 1 aromatic heterocycles. The Morgan fingerprint density at radius 2 is 2.44 bits per heavy atom. The van der Waals surface area contributed by atoms with Crippen molar-refractivity contribution in [3.8, 4) is 0 Å². The van der Waals surface area contributed by atoms with Crippen LogP contribution in [-0.4, -0.2) is 29.5 Å². The van der Waals surface area contributed by atoms with E-state index in [-0.39, 0.29) is 5.88 Å². The standard InChI is InChI=1S/C10H15N3O3/c11-5-8-3-4-12(6-8)7-9-1-2-10(16-9)13(14)15/h1-2,8H,3-7,11H2. The smallest absolute Gasteiger partial charge is 0.404 e. The third-order valence-corrected chi connectivity index (χ3v) is 2.91. The number of rotatable bonds is 4. The third-order valence-electron chi connectivity index (χ3n) is 2.91. The van der Waals surface area contributed by atoms with Crippen molar-refractivity contribution in [2.24, 2.45) is 11.7 Å². The van der Waals surface area contributed by atoms with Gasteiger partial charge in [0.1, 0.15) is 10.7 Å². The Labute approximate surface area is 93.2 Å². The largest absolute Gasteiger partial charge is 0.433 e. The molecule has 1 aliphatic rings. The van der Waals surface area contributed by atoms with Gasteiger partial charge in [-0.15, -0.1) is 0 Å². The molecule has 1 aromatic rings. The molecule has 2 heterocycles. The summed E-state index contributed by atoms with van der Waals surface area (Å²) < 4.78 is 5.10. The fraction of sp³-hybridized carbons (Fsp3) is 0.600. The Morgan fingerprint density at radius 1 is 1.62 bits per heavy atom. The minimum atomic E-state index is -0.518. The molecule has 1 atom stereocenters. The lowest BCUT2D eigenvalue weighted by atomic mass is 10.1. The van der Waals surface area contributed by atoms with Gasteiger partial charge in [0.15, 0.2) is 0 Å². The fourth-order valence-corrected chi connectivity index (χ4v) is 2.02. The molecule has 1 fully saturated rings. The second-order valence-corrected chi connectivity index (χ2v) is 4.12. The first-order valence-corrected chi connectivity index (χ1v) is 5.34. The molecule has 1 aliphatic heterocycles. The van der Waals surface area contributed by atoms with E-state index in [1.807, 2.05) is 0 Å². The first-order valence-electron chi connectivity index (χ1n) is 5.34. The molecular formula is C10H15N3O3. The summed E-state index contributed by atoms with van der Waals surface area (Å²) in [4.78, 5) is 12.1. The zero-order chi connectivity index (χ0) is 11.5. The summed E-state index contributed by atoms with van der Waals surface area (Å²) in [6.45, 7) is 3.26. The van der Waals surface area contributed by atoms with Gasteiger partial charge in [0, 0.05) is 6.54 Å². The van der Waals surface area contributed by atoms with Crippen molar-refractivity contribution >= 4 is 5.88 Å². The molecule has 0 bridgehead atoms. The Balaban J connectivity index is 1.92. The van der Waals surface area contributed by atoms with Crippen LogP contribution in [0.2, 0.25) is 0 Å². The summed E-state index contributed by atoms with van der Waals surface area (Å²) >= 11 is 0. The highest BCUT2D eigenvalue weighted by Crippen LogP contribution is 2.21. The second-order valence-electron chi connectivity index (χ2n) is 4.12. The zero-order valence-corrected chi connectivity index (χ0v) is 8.96. The van der Waals surface area contributed by atoms with Crippen LogP contribution in [0, 0.1) is 16.0 Å². The molecule has 2 N–H and O–H groups in total. The molecule has 88 valence electrons. The predicted molar refractivity (Wildman–Crippen MR) is 57.8 cm³/mol. The highest BCUT2D eigenvalue weighted by Gasteiger charge is 2.22. The van der Waals surface area contributed by atoms with Crippen molar-refractivity contribution in [3.63, 3.8) is 0 Å². The highest BCUT2D eigenvalue weighted by molar-refractivity contribution is 5.17. The quantitative estimate of drug-likeness (QED) is 0.609. The van der Waals surface area contributed by atoms with Crippen LogP contribution in [0.15, 0.2) is 16.5 Å². The van der Waals surface area contributed by atoms with Crippen molar-refractivity contribution in [1.82, 2.24) is 4.90 Å². The van der Waals surface area contributed by atoms with Crippen LogP contribution in [0.25, 0.3) is 0 Å². The van der Waals surface area contributed by atoms with E-state index in [1.165, 1.54) is 6.07 Å². The van der Waals surface area contributed by atoms with Gasteiger partial charge in [0.2, 0.25) is 0 Å². The summed E-state index contributed by atoms with van der Waals surface area (Å²) in [7, 11) is 0. The van der Waals surface area contributed by atoms with E-state index in [2.05, 4.69) is 4.90 Å². The van der Waals surface area contributed by atoms with E-state index in [0.717, 1.165) is 19.5 Å². The van der Waals surface area contributed by atoms with E-state index < -0.39 is 4.92 Å². The summed E-state index contributed by atoms with van der Waals surface area (Å²) in [5, 5.41) is 10.4. The number of nitro groups is 1. The average Bonchev–Trinajstić information content (AvgIpc) is 2.87. The van der Waals surface area contributed by atoms with E-state index in [1.54, 1.807) is 6.07 Å². The molecule has 16 heavy (non-hydrogen) atoms. The normalized spacial score (nSPS) is 21.4. The number of nitrogens with zero attached hydrogens (tertiary/aromatic N) is 2. The zero-order valence-electron chi connectivity index (χ0n) is 8.96. The molecule has 1 saturated heterocycles. The first-order chi connectivity index (χ1) is 7.69. The minimum absolute atomic E-state index is 0.190. The summed E-state index contributed by atoms with van der Waals surface area (Å²) in [5.41, 5.74) is 5.59. The lowest BCUT2D eigenvalue weighted by Crippen LogP contribution is -2.22. The predicted octanol–water partition coefficient (Wildman–Crippen LogP) is 0.968. The lowest BCUT2D eigenvalue weighted by Gasteiger charge is -2.13. The van der Waals surface area contributed by atoms with Crippen molar-refractivity contribution in [2.75, 3.05) is 19.6 Å². The Kier molecular flexibility index (Phi) is 3.21. The van der Waals surface area contributed by atoms with E-state index >= 15 is 0 Å². The maximum atomic E-state index is 10.4. The molecule has 6 nitrogen and oxygen atoms in total. The third kappa shape index (κ3) is 2.40. The summed E-state index contributed by atoms with van der Waals surface area (Å²) in [6.07, 6.45) is 1.10. The van der Waals surface area contributed by atoms with Crippen LogP contribution >= 0.6 is 0 Å². The van der Waals surface area contributed by atoms with Crippen molar-refractivity contribution in [1.29, 1.82) is 0 Å². The van der Waals surface area contributed by atoms with Gasteiger partial charge >= 0.3 is 5.88 Å². The molecule has 6 heteroatoms. The Morgan fingerprint density at radius 3 is 3.00 bits per heavy atom. The Bertz CT molecular complexity index is 377. The number of nitrogens with two attached hydrogens (primary N) is 1. The number of hydrogen-bond donors (Lipinski definition) is 1. The molecule has 0 aromatic carbocycles. The molecule has 0 aliphatic carbocycles. The fourth-order valence-electron chi connectivity index (χ4n) is 2.02. The summed E-state index contributed by atoms with van der Waals surface area (Å²) in [5.74, 6) is 0.999. The Hall–Kier alpha value is -1.40. The van der Waals surface area contributed by atoms with Crippen molar-refractivity contribution in [3.05, 3.63) is 28.0 Å². The van der Waals surface area contributed by atoms with Gasteiger partial charge in [-0.1, -0.05) is 0 Å². The topological polar surface area (TPSA) is 85.5 Å². The van der Waals surface area contributed by atoms with Crippen LogP contribution in [-0.2, 0) is 6.54 Å². The first kappa shape index (κ1) is 11.1. The monoisotopic (exact) mass is 225 g/mol. The molecule has 0 spiro atoms. The maximum Gasteiger partial charge on any atom is 0.433 e. The lowest BCUT2D eigenvalue weighted by molar-refractivity contribution is -0.402. The van der Waals surface area contributed by atoms with Gasteiger partial charge in [-0.2, -0.15) is 0 Å². The number of likely N-dealkylation sites (tertiary alicyclic amines) is 1. The van der Waals surface area contributed by atoms with Gasteiger partial charge < -0.3 is 10.2 Å². The molecule has 1 unspecified atom stereocenters. The van der Waals surface area contributed by atoms with Crippen LogP contribution in [0.3, 0.4) is 0 Å². The van der Waals surface area contributed by atoms with Crippen LogP contribution in [0.5, 0.6) is 0 Å². The number of furan rings is 1. The van der Waals surface area contributed by atoms with Gasteiger partial charge in [-0.3, -0.25) is 15.0 Å². The SMILES string of the molecule is NCC1CCN(Cc2ccc([N+](=O)[O-])o2)C1. The van der Waals surface area contributed by atoms with Gasteiger partial charge in [0.25, 0.3) is 0 Å². The molecule has 0 amide bonds. The molecular weight excluding hydrogens is 210 g/mol. The minimum Gasteiger partial charge on any atom is -0.404 e. The van der Waals surface area contributed by atoms with E-state index in [0.29, 0.717) is 24.8 Å². The van der Waals surface area contributed by atoms with Crippen molar-refractivity contribution < 1.29 is 9.34 Å². The molecule has 2 rings (SSSR count). The van der Waals surface area contributed by atoms with Gasteiger partial charge in [-0.05, 0) is 31.5 Å². The molecule has 0 saturated carbocycles. The highest BCUT2D eigenvalue weighted by atomic mass is 16.6.